The lowest BCUT2D eigenvalue weighted by atomic mass is 10.2. The normalized spacial score (nSPS) is 17.0. The van der Waals surface area contributed by atoms with Gasteiger partial charge in [0.1, 0.15) is 6.54 Å². The molecule has 1 atom stereocenters. The number of hydrogen-bond donors (Lipinski definition) is 2. The lowest BCUT2D eigenvalue weighted by Gasteiger charge is -2.16. The van der Waals surface area contributed by atoms with Crippen LogP contribution in [0.15, 0.2) is 23.5 Å². The third kappa shape index (κ3) is 8.52. The van der Waals surface area contributed by atoms with Crippen molar-refractivity contribution in [2.24, 2.45) is 4.99 Å². The Labute approximate surface area is 166 Å². The highest BCUT2D eigenvalue weighted by Crippen LogP contribution is 2.10. The number of ether oxygens (including phenoxy) is 1. The summed E-state index contributed by atoms with van der Waals surface area (Å²) in [5.74, 6) is 0.630. The fraction of sp³-hybridized carbons (Fsp3) is 0.688. The maximum atomic E-state index is 11.7. The Hall–Kier alpha value is -1.36. The fourth-order valence-electron chi connectivity index (χ4n) is 2.36. The number of aliphatic imine (C=N–C) groups is 1. The van der Waals surface area contributed by atoms with Gasteiger partial charge >= 0.3 is 0 Å². The molecular weight excluding hydrogens is 435 g/mol. The van der Waals surface area contributed by atoms with Crippen LogP contribution in [0.4, 0.5) is 0 Å². The van der Waals surface area contributed by atoms with Gasteiger partial charge in [0.05, 0.1) is 6.10 Å². The number of amides is 1. The third-order valence-electron chi connectivity index (χ3n) is 3.81. The minimum Gasteiger partial charge on any atom is -0.376 e. The van der Waals surface area contributed by atoms with Gasteiger partial charge in [0.25, 0.3) is 0 Å². The van der Waals surface area contributed by atoms with E-state index in [4.69, 9.17) is 4.74 Å². The minimum atomic E-state index is -0.0234. The molecule has 2 heterocycles. The van der Waals surface area contributed by atoms with Crippen molar-refractivity contribution < 1.29 is 9.53 Å². The van der Waals surface area contributed by atoms with E-state index in [1.165, 1.54) is 0 Å². The van der Waals surface area contributed by atoms with Crippen LogP contribution in [-0.2, 0) is 16.1 Å². The molecule has 25 heavy (non-hydrogen) atoms. The molecule has 1 amide bonds. The van der Waals surface area contributed by atoms with Crippen LogP contribution in [0, 0.1) is 0 Å². The Kier molecular flexibility index (Phi) is 10.5. The van der Waals surface area contributed by atoms with Gasteiger partial charge in [-0.15, -0.1) is 24.0 Å². The first kappa shape index (κ1) is 21.7. The van der Waals surface area contributed by atoms with Gasteiger partial charge in [0.15, 0.2) is 5.96 Å². The van der Waals surface area contributed by atoms with E-state index < -0.39 is 0 Å². The van der Waals surface area contributed by atoms with Gasteiger partial charge in [-0.25, -0.2) is 4.99 Å². The quantitative estimate of drug-likeness (QED) is 0.256. The van der Waals surface area contributed by atoms with Gasteiger partial charge < -0.3 is 20.3 Å². The molecule has 1 aliphatic heterocycles. The summed E-state index contributed by atoms with van der Waals surface area (Å²) in [4.78, 5) is 17.6. The number of carbonyl (C=O) groups excluding carboxylic acids is 1. The molecule has 0 bridgehead atoms. The number of hydrogen-bond acceptors (Lipinski definition) is 4. The zero-order valence-electron chi connectivity index (χ0n) is 15.0. The molecule has 1 aromatic heterocycles. The maximum Gasteiger partial charge on any atom is 0.243 e. The first-order chi connectivity index (χ1) is 11.6. The minimum absolute atomic E-state index is 0. The van der Waals surface area contributed by atoms with Crippen LogP contribution in [0.5, 0.6) is 0 Å². The van der Waals surface area contributed by atoms with E-state index in [1.54, 1.807) is 25.2 Å². The summed E-state index contributed by atoms with van der Waals surface area (Å²) in [7, 11) is 3.46. The molecule has 9 heteroatoms. The van der Waals surface area contributed by atoms with Crippen LogP contribution in [0.1, 0.15) is 19.3 Å². The molecule has 142 valence electrons. The van der Waals surface area contributed by atoms with Crippen LogP contribution in [0.25, 0.3) is 0 Å². The molecule has 0 radical (unpaired) electrons. The molecule has 1 unspecified atom stereocenters. The first-order valence-electron chi connectivity index (χ1n) is 8.46. The van der Waals surface area contributed by atoms with Crippen LogP contribution in [-0.4, -0.2) is 73.0 Å². The lowest BCUT2D eigenvalue weighted by Crippen LogP contribution is -2.42. The molecule has 2 rings (SSSR count). The van der Waals surface area contributed by atoms with E-state index in [0.717, 1.165) is 39.0 Å². The molecule has 1 aromatic rings. The predicted molar refractivity (Wildman–Crippen MR) is 108 cm³/mol. The highest BCUT2D eigenvalue weighted by atomic mass is 127. The average molecular weight is 464 g/mol. The summed E-state index contributed by atoms with van der Waals surface area (Å²) >= 11 is 0. The second-order valence-corrected chi connectivity index (χ2v) is 6.02. The van der Waals surface area contributed by atoms with Crippen molar-refractivity contribution >= 4 is 35.8 Å². The average Bonchev–Trinajstić information content (AvgIpc) is 3.26. The van der Waals surface area contributed by atoms with Gasteiger partial charge in [0.2, 0.25) is 5.91 Å². The van der Waals surface area contributed by atoms with Gasteiger partial charge in [0, 0.05) is 52.7 Å². The molecular formula is C16H29IN6O2. The molecule has 0 aliphatic carbocycles. The summed E-state index contributed by atoms with van der Waals surface area (Å²) in [6.45, 7) is 3.27. The second kappa shape index (κ2) is 12.1. The fourth-order valence-corrected chi connectivity index (χ4v) is 2.36. The monoisotopic (exact) mass is 464 g/mol. The standard InChI is InChI=1S/C16H28N6O2.HI/c1-21(2)15(23)13-19-16(18-12-14-6-3-11-24-14)17-7-4-9-22-10-5-8-20-22;/h5,8,10,14H,3-4,6-7,9,11-13H2,1-2H3,(H2,17,18,19);1H. The van der Waals surface area contributed by atoms with E-state index >= 15 is 0 Å². The van der Waals surface area contributed by atoms with E-state index in [2.05, 4.69) is 20.7 Å². The SMILES string of the molecule is CN(C)C(=O)CN=C(NCCCn1cccn1)NCC1CCCO1.I. The Balaban J connectivity index is 0.00000312. The summed E-state index contributed by atoms with van der Waals surface area (Å²) in [6, 6.07) is 1.91. The van der Waals surface area contributed by atoms with E-state index in [0.29, 0.717) is 12.5 Å². The lowest BCUT2D eigenvalue weighted by molar-refractivity contribution is -0.127. The van der Waals surface area contributed by atoms with Crippen molar-refractivity contribution in [1.29, 1.82) is 0 Å². The molecule has 1 aliphatic rings. The number of likely N-dealkylation sites (N-methyl/N-ethyl adjacent to an activating group) is 1. The molecule has 1 fully saturated rings. The molecule has 0 aromatic carbocycles. The molecule has 0 spiro atoms. The largest absolute Gasteiger partial charge is 0.376 e. The Morgan fingerprint density at radius 2 is 2.28 bits per heavy atom. The number of aromatic nitrogens is 2. The second-order valence-electron chi connectivity index (χ2n) is 6.02. The number of nitrogens with zero attached hydrogens (tertiary/aromatic N) is 4. The smallest absolute Gasteiger partial charge is 0.243 e. The summed E-state index contributed by atoms with van der Waals surface area (Å²) in [6.07, 6.45) is 7.04. The van der Waals surface area contributed by atoms with Gasteiger partial charge in [-0.1, -0.05) is 0 Å². The van der Waals surface area contributed by atoms with E-state index in [-0.39, 0.29) is 42.5 Å². The topological polar surface area (TPSA) is 83.8 Å². The Morgan fingerprint density at radius 1 is 1.44 bits per heavy atom. The van der Waals surface area contributed by atoms with E-state index in [9.17, 15) is 4.79 Å². The van der Waals surface area contributed by atoms with Crippen molar-refractivity contribution in [2.75, 3.05) is 40.3 Å². The Morgan fingerprint density at radius 3 is 2.92 bits per heavy atom. The zero-order valence-corrected chi connectivity index (χ0v) is 17.3. The molecule has 2 N–H and O–H groups in total. The number of rotatable bonds is 8. The van der Waals surface area contributed by atoms with Crippen molar-refractivity contribution in [2.45, 2.75) is 31.9 Å². The van der Waals surface area contributed by atoms with Crippen LogP contribution in [0.3, 0.4) is 0 Å². The van der Waals surface area contributed by atoms with Crippen LogP contribution < -0.4 is 10.6 Å². The highest BCUT2D eigenvalue weighted by Gasteiger charge is 2.15. The number of carbonyl (C=O) groups is 1. The Bertz CT molecular complexity index is 515. The van der Waals surface area contributed by atoms with Gasteiger partial charge in [-0.2, -0.15) is 5.10 Å². The first-order valence-corrected chi connectivity index (χ1v) is 8.46. The number of guanidine groups is 1. The molecule has 1 saturated heterocycles. The molecule has 8 nitrogen and oxygen atoms in total. The predicted octanol–water partition coefficient (Wildman–Crippen LogP) is 0.694. The van der Waals surface area contributed by atoms with Crippen LogP contribution in [0.2, 0.25) is 0 Å². The third-order valence-corrected chi connectivity index (χ3v) is 3.81. The van der Waals surface area contributed by atoms with E-state index in [1.807, 2.05) is 16.9 Å². The summed E-state index contributed by atoms with van der Waals surface area (Å²) < 4.78 is 7.51. The van der Waals surface area contributed by atoms with Gasteiger partial charge in [-0.05, 0) is 25.3 Å². The number of halogens is 1. The number of aryl methyl sites for hydroxylation is 1. The van der Waals surface area contributed by atoms with Crippen molar-refractivity contribution in [1.82, 2.24) is 25.3 Å². The van der Waals surface area contributed by atoms with Crippen molar-refractivity contribution in [3.05, 3.63) is 18.5 Å². The maximum absolute atomic E-state index is 11.7. The number of nitrogens with one attached hydrogen (secondary N) is 2. The zero-order chi connectivity index (χ0) is 17.2. The summed E-state index contributed by atoms with van der Waals surface area (Å²) in [5, 5.41) is 10.7. The van der Waals surface area contributed by atoms with Crippen LogP contribution >= 0.6 is 24.0 Å². The molecule has 0 saturated carbocycles. The summed E-state index contributed by atoms with van der Waals surface area (Å²) in [5.41, 5.74) is 0. The van der Waals surface area contributed by atoms with Gasteiger partial charge in [-0.3, -0.25) is 9.48 Å². The highest BCUT2D eigenvalue weighted by molar-refractivity contribution is 14.0. The van der Waals surface area contributed by atoms with Crippen molar-refractivity contribution in [3.63, 3.8) is 0 Å². The van der Waals surface area contributed by atoms with Crippen molar-refractivity contribution in [3.8, 4) is 0 Å².